The van der Waals surface area contributed by atoms with Gasteiger partial charge in [0.05, 0.1) is 13.0 Å². The van der Waals surface area contributed by atoms with Crippen LogP contribution in [-0.4, -0.2) is 37.0 Å². The van der Waals surface area contributed by atoms with Gasteiger partial charge in [-0.15, -0.1) is 0 Å². The van der Waals surface area contributed by atoms with E-state index in [-0.39, 0.29) is 18.4 Å². The number of unbranched alkanes of at least 4 members (excludes halogenated alkanes) is 1. The molecule has 0 N–H and O–H groups in total. The lowest BCUT2D eigenvalue weighted by Crippen LogP contribution is -2.34. The first-order chi connectivity index (χ1) is 10.1. The van der Waals surface area contributed by atoms with Crippen molar-refractivity contribution in [3.8, 4) is 0 Å². The summed E-state index contributed by atoms with van der Waals surface area (Å²) >= 11 is 0. The van der Waals surface area contributed by atoms with Crippen molar-refractivity contribution in [3.05, 3.63) is 35.4 Å². The minimum Gasteiger partial charge on any atom is -0.465 e. The van der Waals surface area contributed by atoms with Crippen LogP contribution in [0.3, 0.4) is 0 Å². The molecule has 4 nitrogen and oxygen atoms in total. The van der Waals surface area contributed by atoms with Gasteiger partial charge in [-0.1, -0.05) is 37.6 Å². The lowest BCUT2D eigenvalue weighted by Gasteiger charge is -2.16. The summed E-state index contributed by atoms with van der Waals surface area (Å²) in [4.78, 5) is 24.8. The van der Waals surface area contributed by atoms with Crippen LogP contribution in [0.4, 0.5) is 0 Å². The van der Waals surface area contributed by atoms with E-state index in [0.717, 1.165) is 12.0 Å². The maximum absolute atomic E-state index is 12.0. The summed E-state index contributed by atoms with van der Waals surface area (Å²) in [5, 5.41) is 0. The van der Waals surface area contributed by atoms with E-state index in [1.165, 1.54) is 23.3 Å². The van der Waals surface area contributed by atoms with Crippen LogP contribution in [0, 0.1) is 0 Å². The largest absolute Gasteiger partial charge is 0.465 e. The summed E-state index contributed by atoms with van der Waals surface area (Å²) in [5.74, 6) is -0.451. The number of hydrogen-bond donors (Lipinski definition) is 0. The topological polar surface area (TPSA) is 46.6 Å². The summed E-state index contributed by atoms with van der Waals surface area (Å²) in [6.07, 6.45) is 3.75. The average Bonchev–Trinajstić information content (AvgIpc) is 2.46. The zero-order valence-electron chi connectivity index (χ0n) is 13.2. The molecule has 1 aromatic carbocycles. The highest BCUT2D eigenvalue weighted by Gasteiger charge is 2.13. The van der Waals surface area contributed by atoms with Crippen LogP contribution in [-0.2, 0) is 27.2 Å². The molecule has 1 aromatic rings. The number of rotatable bonds is 8. The molecule has 0 unspecified atom stereocenters. The first-order valence-corrected chi connectivity index (χ1v) is 7.54. The number of benzene rings is 1. The van der Waals surface area contributed by atoms with Crippen molar-refractivity contribution in [1.29, 1.82) is 0 Å². The molecule has 0 saturated carbocycles. The van der Waals surface area contributed by atoms with E-state index in [9.17, 15) is 9.59 Å². The Labute approximate surface area is 127 Å². The third kappa shape index (κ3) is 6.43. The fourth-order valence-corrected chi connectivity index (χ4v) is 2.00. The van der Waals surface area contributed by atoms with E-state index in [1.807, 2.05) is 12.1 Å². The number of ether oxygens (including phenoxy) is 1. The molecular formula is C17H25NO3. The summed E-state index contributed by atoms with van der Waals surface area (Å²) in [7, 11) is 1.62. The van der Waals surface area contributed by atoms with E-state index in [1.54, 1.807) is 14.0 Å². The minimum atomic E-state index is -0.372. The number of aryl methyl sites for hydroxylation is 1. The van der Waals surface area contributed by atoms with Gasteiger partial charge >= 0.3 is 5.97 Å². The molecule has 0 heterocycles. The lowest BCUT2D eigenvalue weighted by atomic mass is 10.0. The normalized spacial score (nSPS) is 10.2. The Kier molecular flexibility index (Phi) is 7.51. The van der Waals surface area contributed by atoms with Gasteiger partial charge in [-0.2, -0.15) is 0 Å². The fraction of sp³-hybridized carbons (Fsp3) is 0.529. The Morgan fingerprint density at radius 3 is 2.29 bits per heavy atom. The first-order valence-electron chi connectivity index (χ1n) is 7.54. The quantitative estimate of drug-likeness (QED) is 0.692. The minimum absolute atomic E-state index is 0.00125. The standard InChI is InChI=1S/C17H25NO3/c1-4-6-7-14-8-10-15(11-9-14)12-16(19)18(3)13-17(20)21-5-2/h8-11H,4-7,12-13H2,1-3H3. The smallest absolute Gasteiger partial charge is 0.325 e. The van der Waals surface area contributed by atoms with Crippen molar-refractivity contribution in [2.75, 3.05) is 20.2 Å². The van der Waals surface area contributed by atoms with Crippen LogP contribution < -0.4 is 0 Å². The van der Waals surface area contributed by atoms with Gasteiger partial charge in [-0.25, -0.2) is 0 Å². The molecule has 0 fully saturated rings. The van der Waals surface area contributed by atoms with Crippen LogP contribution in [0.25, 0.3) is 0 Å². The van der Waals surface area contributed by atoms with Crippen LogP contribution in [0.15, 0.2) is 24.3 Å². The van der Waals surface area contributed by atoms with Crippen molar-refractivity contribution in [2.45, 2.75) is 39.5 Å². The Bertz CT molecular complexity index is 454. The third-order valence-corrected chi connectivity index (χ3v) is 3.29. The molecule has 0 spiro atoms. The molecule has 0 aliphatic heterocycles. The Morgan fingerprint density at radius 1 is 1.10 bits per heavy atom. The van der Waals surface area contributed by atoms with Gasteiger partial charge in [-0.3, -0.25) is 9.59 Å². The molecule has 1 rings (SSSR count). The molecule has 21 heavy (non-hydrogen) atoms. The van der Waals surface area contributed by atoms with Crippen molar-refractivity contribution in [3.63, 3.8) is 0 Å². The van der Waals surface area contributed by atoms with Gasteiger partial charge in [0, 0.05) is 7.05 Å². The molecule has 0 aliphatic carbocycles. The predicted molar refractivity (Wildman–Crippen MR) is 83.0 cm³/mol. The van der Waals surface area contributed by atoms with Crippen LogP contribution in [0.2, 0.25) is 0 Å². The number of esters is 1. The highest BCUT2D eigenvalue weighted by molar-refractivity contribution is 5.83. The van der Waals surface area contributed by atoms with Crippen LogP contribution in [0.5, 0.6) is 0 Å². The average molecular weight is 291 g/mol. The number of hydrogen-bond acceptors (Lipinski definition) is 3. The van der Waals surface area contributed by atoms with Gasteiger partial charge in [0.1, 0.15) is 6.54 Å². The Morgan fingerprint density at radius 2 is 1.71 bits per heavy atom. The maximum Gasteiger partial charge on any atom is 0.325 e. The second-order valence-corrected chi connectivity index (χ2v) is 5.15. The molecule has 0 atom stereocenters. The monoisotopic (exact) mass is 291 g/mol. The zero-order chi connectivity index (χ0) is 15.7. The second kappa shape index (κ2) is 9.16. The molecule has 1 amide bonds. The molecule has 0 aromatic heterocycles. The summed E-state index contributed by atoms with van der Waals surface area (Å²) in [5.41, 5.74) is 2.27. The van der Waals surface area contributed by atoms with Crippen molar-refractivity contribution >= 4 is 11.9 Å². The summed E-state index contributed by atoms with van der Waals surface area (Å²) < 4.78 is 4.83. The van der Waals surface area contributed by atoms with Gasteiger partial charge in [0.2, 0.25) is 5.91 Å². The Balaban J connectivity index is 2.48. The highest BCUT2D eigenvalue weighted by atomic mass is 16.5. The molecule has 4 heteroatoms. The van der Waals surface area contributed by atoms with Crippen molar-refractivity contribution in [2.24, 2.45) is 0 Å². The molecule has 0 aliphatic rings. The van der Waals surface area contributed by atoms with Gasteiger partial charge in [-0.05, 0) is 30.9 Å². The number of likely N-dealkylation sites (N-methyl/N-ethyl adjacent to an activating group) is 1. The highest BCUT2D eigenvalue weighted by Crippen LogP contribution is 2.09. The van der Waals surface area contributed by atoms with E-state index in [4.69, 9.17) is 4.74 Å². The second-order valence-electron chi connectivity index (χ2n) is 5.15. The maximum atomic E-state index is 12.0. The van der Waals surface area contributed by atoms with Gasteiger partial charge in [0.15, 0.2) is 0 Å². The van der Waals surface area contributed by atoms with E-state index in [2.05, 4.69) is 19.1 Å². The number of carbonyl (C=O) groups is 2. The molecule has 0 bridgehead atoms. The third-order valence-electron chi connectivity index (χ3n) is 3.29. The fourth-order valence-electron chi connectivity index (χ4n) is 2.00. The Hall–Kier alpha value is -1.84. The molecular weight excluding hydrogens is 266 g/mol. The van der Waals surface area contributed by atoms with Crippen LogP contribution >= 0.6 is 0 Å². The molecule has 0 radical (unpaired) electrons. The predicted octanol–water partition coefficient (Wildman–Crippen LogP) is 2.59. The number of carbonyl (C=O) groups excluding carboxylic acids is 2. The summed E-state index contributed by atoms with van der Waals surface area (Å²) in [6.45, 7) is 4.26. The van der Waals surface area contributed by atoms with Crippen LogP contribution in [0.1, 0.15) is 37.8 Å². The summed E-state index contributed by atoms with van der Waals surface area (Å²) in [6, 6.07) is 8.12. The van der Waals surface area contributed by atoms with Gasteiger partial charge in [0.25, 0.3) is 0 Å². The first kappa shape index (κ1) is 17.2. The molecule has 0 saturated heterocycles. The van der Waals surface area contributed by atoms with Crippen molar-refractivity contribution in [1.82, 2.24) is 4.90 Å². The molecule has 116 valence electrons. The van der Waals surface area contributed by atoms with E-state index < -0.39 is 0 Å². The number of nitrogens with zero attached hydrogens (tertiary/aromatic N) is 1. The van der Waals surface area contributed by atoms with Gasteiger partial charge < -0.3 is 9.64 Å². The van der Waals surface area contributed by atoms with Crippen molar-refractivity contribution < 1.29 is 14.3 Å². The van der Waals surface area contributed by atoms with E-state index >= 15 is 0 Å². The SMILES string of the molecule is CCCCc1ccc(CC(=O)N(C)CC(=O)OCC)cc1. The lowest BCUT2D eigenvalue weighted by molar-refractivity contribution is -0.147. The number of amides is 1. The zero-order valence-corrected chi connectivity index (χ0v) is 13.2. The van der Waals surface area contributed by atoms with E-state index in [0.29, 0.717) is 13.0 Å².